The molecule has 3 N–H and O–H groups in total. The van der Waals surface area contributed by atoms with Gasteiger partial charge in [0.1, 0.15) is 0 Å². The number of hydrogen-bond acceptors (Lipinski definition) is 3. The number of nitrogens with zero attached hydrogens (tertiary/aromatic N) is 1. The van der Waals surface area contributed by atoms with Gasteiger partial charge in [0.2, 0.25) is 5.91 Å². The lowest BCUT2D eigenvalue weighted by molar-refractivity contribution is -0.115. The lowest BCUT2D eigenvalue weighted by Crippen LogP contribution is -2.37. The van der Waals surface area contributed by atoms with E-state index in [4.69, 9.17) is 5.73 Å². The van der Waals surface area contributed by atoms with Gasteiger partial charge in [0.05, 0.1) is 17.9 Å². The van der Waals surface area contributed by atoms with Crippen LogP contribution in [0.5, 0.6) is 0 Å². The highest BCUT2D eigenvalue weighted by atomic mass is 79.9. The maximum Gasteiger partial charge on any atom is 0.243 e. The molecule has 0 saturated carbocycles. The Morgan fingerprint density at radius 2 is 2.05 bits per heavy atom. The summed E-state index contributed by atoms with van der Waals surface area (Å²) >= 11 is 3.44. The standard InChI is InChI=1S/C15H14BrN3O/c16-11-5-10(6-12(17)7-11)8-19-9-15(20)18-13-3-1-2-4-14(13)19/h1-7H,8-9,17H2,(H,18,20). The number of carbonyl (C=O) groups excluding carboxylic acids is 1. The molecule has 0 spiro atoms. The minimum atomic E-state index is 0.00617. The summed E-state index contributed by atoms with van der Waals surface area (Å²) in [5, 5.41) is 2.88. The van der Waals surface area contributed by atoms with Crippen LogP contribution in [0.1, 0.15) is 5.56 Å². The van der Waals surface area contributed by atoms with Crippen molar-refractivity contribution in [2.75, 3.05) is 22.5 Å². The largest absolute Gasteiger partial charge is 0.399 e. The normalized spacial score (nSPS) is 13.8. The predicted molar refractivity (Wildman–Crippen MR) is 84.7 cm³/mol. The van der Waals surface area contributed by atoms with Gasteiger partial charge in [0.25, 0.3) is 0 Å². The van der Waals surface area contributed by atoms with E-state index >= 15 is 0 Å². The zero-order valence-electron chi connectivity index (χ0n) is 10.8. The molecule has 1 aliphatic rings. The number of amides is 1. The minimum absolute atomic E-state index is 0.00617. The van der Waals surface area contributed by atoms with Crippen LogP contribution in [0.15, 0.2) is 46.9 Å². The molecule has 0 unspecified atom stereocenters. The summed E-state index contributed by atoms with van der Waals surface area (Å²) < 4.78 is 0.947. The third kappa shape index (κ3) is 2.63. The van der Waals surface area contributed by atoms with Gasteiger partial charge in [-0.3, -0.25) is 4.79 Å². The van der Waals surface area contributed by atoms with Gasteiger partial charge in [-0.2, -0.15) is 0 Å². The molecule has 0 bridgehead atoms. The highest BCUT2D eigenvalue weighted by Crippen LogP contribution is 2.30. The molecule has 3 rings (SSSR count). The molecule has 2 aromatic rings. The molecular weight excluding hydrogens is 318 g/mol. The summed E-state index contributed by atoms with van der Waals surface area (Å²) in [6.07, 6.45) is 0. The first-order chi connectivity index (χ1) is 9.61. The van der Waals surface area contributed by atoms with E-state index in [1.54, 1.807) is 0 Å². The molecular formula is C15H14BrN3O. The quantitative estimate of drug-likeness (QED) is 0.831. The summed E-state index contributed by atoms with van der Waals surface area (Å²) in [7, 11) is 0. The van der Waals surface area contributed by atoms with E-state index in [1.165, 1.54) is 0 Å². The van der Waals surface area contributed by atoms with Crippen molar-refractivity contribution in [3.05, 3.63) is 52.5 Å². The Morgan fingerprint density at radius 3 is 2.85 bits per heavy atom. The topological polar surface area (TPSA) is 58.4 Å². The van der Waals surface area contributed by atoms with Crippen LogP contribution in [0.2, 0.25) is 0 Å². The minimum Gasteiger partial charge on any atom is -0.399 e. The number of anilines is 3. The van der Waals surface area contributed by atoms with Crippen LogP contribution in [0, 0.1) is 0 Å². The molecule has 102 valence electrons. The zero-order valence-corrected chi connectivity index (χ0v) is 12.4. The lowest BCUT2D eigenvalue weighted by atomic mass is 10.1. The SMILES string of the molecule is Nc1cc(Br)cc(CN2CC(=O)Nc3ccccc32)c1. The van der Waals surface area contributed by atoms with Crippen molar-refractivity contribution in [3.63, 3.8) is 0 Å². The van der Waals surface area contributed by atoms with E-state index in [1.807, 2.05) is 42.5 Å². The van der Waals surface area contributed by atoms with Gasteiger partial charge in [-0.15, -0.1) is 0 Å². The van der Waals surface area contributed by atoms with Gasteiger partial charge in [-0.25, -0.2) is 0 Å². The number of benzene rings is 2. The van der Waals surface area contributed by atoms with E-state index in [-0.39, 0.29) is 5.91 Å². The average molecular weight is 332 g/mol. The van der Waals surface area contributed by atoms with E-state index in [9.17, 15) is 4.79 Å². The van der Waals surface area contributed by atoms with Gasteiger partial charge < -0.3 is 16.0 Å². The zero-order chi connectivity index (χ0) is 14.1. The highest BCUT2D eigenvalue weighted by Gasteiger charge is 2.21. The van der Waals surface area contributed by atoms with Crippen LogP contribution in [0.3, 0.4) is 0 Å². The van der Waals surface area contributed by atoms with Crippen molar-refractivity contribution in [2.45, 2.75) is 6.54 Å². The average Bonchev–Trinajstić information content (AvgIpc) is 2.37. The second-order valence-electron chi connectivity index (χ2n) is 4.81. The number of nitrogens with one attached hydrogen (secondary N) is 1. The molecule has 0 fully saturated rings. The highest BCUT2D eigenvalue weighted by molar-refractivity contribution is 9.10. The molecule has 1 amide bonds. The van der Waals surface area contributed by atoms with Crippen molar-refractivity contribution in [2.24, 2.45) is 0 Å². The molecule has 0 saturated heterocycles. The van der Waals surface area contributed by atoms with Crippen molar-refractivity contribution in [3.8, 4) is 0 Å². The number of hydrogen-bond donors (Lipinski definition) is 2. The summed E-state index contributed by atoms with van der Waals surface area (Å²) in [4.78, 5) is 13.8. The number of carbonyl (C=O) groups is 1. The molecule has 4 nitrogen and oxygen atoms in total. The summed E-state index contributed by atoms with van der Waals surface area (Å²) in [5.74, 6) is 0.00617. The summed E-state index contributed by atoms with van der Waals surface area (Å²) in [6, 6.07) is 13.6. The monoisotopic (exact) mass is 331 g/mol. The first-order valence-corrected chi connectivity index (χ1v) is 7.10. The number of halogens is 1. The fourth-order valence-electron chi connectivity index (χ4n) is 2.43. The van der Waals surface area contributed by atoms with Gasteiger partial charge in [-0.1, -0.05) is 28.1 Å². The number of fused-ring (bicyclic) bond motifs is 1. The van der Waals surface area contributed by atoms with Crippen molar-refractivity contribution in [1.82, 2.24) is 0 Å². The van der Waals surface area contributed by atoms with Crippen molar-refractivity contribution in [1.29, 1.82) is 0 Å². The molecule has 0 aromatic heterocycles. The molecule has 5 heteroatoms. The number of rotatable bonds is 2. The van der Waals surface area contributed by atoms with E-state index in [0.29, 0.717) is 18.8 Å². The van der Waals surface area contributed by atoms with E-state index in [0.717, 1.165) is 21.4 Å². The van der Waals surface area contributed by atoms with Crippen LogP contribution >= 0.6 is 15.9 Å². The molecule has 0 aliphatic carbocycles. The van der Waals surface area contributed by atoms with Crippen LogP contribution in [0.4, 0.5) is 17.1 Å². The molecule has 2 aromatic carbocycles. The maximum absolute atomic E-state index is 11.8. The molecule has 20 heavy (non-hydrogen) atoms. The lowest BCUT2D eigenvalue weighted by Gasteiger charge is -2.31. The second kappa shape index (κ2) is 5.17. The third-order valence-corrected chi connectivity index (χ3v) is 3.66. The van der Waals surface area contributed by atoms with Crippen molar-refractivity contribution >= 4 is 38.9 Å². The third-order valence-electron chi connectivity index (χ3n) is 3.21. The van der Waals surface area contributed by atoms with Crippen LogP contribution < -0.4 is 16.0 Å². The Hall–Kier alpha value is -2.01. The Balaban J connectivity index is 1.92. The smallest absolute Gasteiger partial charge is 0.243 e. The molecule has 0 atom stereocenters. The summed E-state index contributed by atoms with van der Waals surface area (Å²) in [6.45, 7) is 0.998. The first kappa shape index (κ1) is 13.0. The summed E-state index contributed by atoms with van der Waals surface area (Å²) in [5.41, 5.74) is 9.53. The Morgan fingerprint density at radius 1 is 1.25 bits per heavy atom. The first-order valence-electron chi connectivity index (χ1n) is 6.30. The number of nitrogens with two attached hydrogens (primary N) is 1. The Kier molecular flexibility index (Phi) is 3.36. The van der Waals surface area contributed by atoms with Crippen LogP contribution in [-0.2, 0) is 11.3 Å². The van der Waals surface area contributed by atoms with E-state index < -0.39 is 0 Å². The molecule has 0 radical (unpaired) electrons. The van der Waals surface area contributed by atoms with E-state index in [2.05, 4.69) is 26.1 Å². The predicted octanol–water partition coefficient (Wildman–Crippen LogP) is 2.99. The van der Waals surface area contributed by atoms with Gasteiger partial charge in [-0.05, 0) is 35.9 Å². The second-order valence-corrected chi connectivity index (χ2v) is 5.73. The number of nitrogen functional groups attached to an aromatic ring is 1. The van der Waals surface area contributed by atoms with Gasteiger partial charge in [0, 0.05) is 16.7 Å². The Bertz CT molecular complexity index is 652. The fraction of sp³-hybridized carbons (Fsp3) is 0.133. The molecule has 1 heterocycles. The van der Waals surface area contributed by atoms with Gasteiger partial charge in [0.15, 0.2) is 0 Å². The Labute approximate surface area is 125 Å². The molecule has 1 aliphatic heterocycles. The fourth-order valence-corrected chi connectivity index (χ4v) is 2.99. The maximum atomic E-state index is 11.8. The number of para-hydroxylation sites is 2. The van der Waals surface area contributed by atoms with Crippen LogP contribution in [0.25, 0.3) is 0 Å². The van der Waals surface area contributed by atoms with Crippen molar-refractivity contribution < 1.29 is 4.79 Å². The van der Waals surface area contributed by atoms with Gasteiger partial charge >= 0.3 is 0 Å². The van der Waals surface area contributed by atoms with Crippen LogP contribution in [-0.4, -0.2) is 12.5 Å².